The van der Waals surface area contributed by atoms with Gasteiger partial charge in [0.15, 0.2) is 0 Å². The van der Waals surface area contributed by atoms with Crippen LogP contribution in [0.5, 0.6) is 0 Å². The number of hydrogen-bond acceptors (Lipinski definition) is 5. The van der Waals surface area contributed by atoms with Crippen molar-refractivity contribution in [2.75, 3.05) is 6.54 Å². The Bertz CT molecular complexity index is 673. The molecule has 1 atom stereocenters. The van der Waals surface area contributed by atoms with Gasteiger partial charge in [0.1, 0.15) is 0 Å². The van der Waals surface area contributed by atoms with Crippen LogP contribution in [-0.2, 0) is 24.4 Å². The summed E-state index contributed by atoms with van der Waals surface area (Å²) in [7, 11) is 0. The van der Waals surface area contributed by atoms with Crippen molar-refractivity contribution in [1.82, 2.24) is 20.3 Å². The normalized spacial score (nSPS) is 17.2. The summed E-state index contributed by atoms with van der Waals surface area (Å²) in [6, 6.07) is 9.76. The van der Waals surface area contributed by atoms with Gasteiger partial charge in [-0.1, -0.05) is 17.3 Å². The van der Waals surface area contributed by atoms with Crippen LogP contribution in [0.15, 0.2) is 24.3 Å². The van der Waals surface area contributed by atoms with E-state index < -0.39 is 0 Å². The largest absolute Gasteiger partial charge is 0.369 e. The fourth-order valence-electron chi connectivity index (χ4n) is 2.44. The first-order valence-electron chi connectivity index (χ1n) is 6.96. The number of nitriles is 1. The molecule has 3 rings (SSSR count). The molecule has 2 aromatic rings. The van der Waals surface area contributed by atoms with Gasteiger partial charge in [0.05, 0.1) is 42.3 Å². The highest BCUT2D eigenvalue weighted by Gasteiger charge is 2.21. The van der Waals surface area contributed by atoms with Gasteiger partial charge in [-0.25, -0.2) is 4.68 Å². The smallest absolute Gasteiger partial charge is 0.0991 e. The fraction of sp³-hybridized carbons (Fsp3) is 0.400. The Morgan fingerprint density at radius 2 is 2.43 bits per heavy atom. The molecule has 1 aromatic carbocycles. The molecule has 2 heterocycles. The third-order valence-electron chi connectivity index (χ3n) is 3.62. The monoisotopic (exact) mass is 283 g/mol. The minimum absolute atomic E-state index is 0.0951. The molecule has 6 heteroatoms. The molecule has 1 aliphatic rings. The maximum atomic E-state index is 8.88. The van der Waals surface area contributed by atoms with Crippen LogP contribution >= 0.6 is 0 Å². The zero-order valence-corrected chi connectivity index (χ0v) is 11.9. The molecule has 21 heavy (non-hydrogen) atoms. The molecule has 0 fully saturated rings. The first kappa shape index (κ1) is 13.7. The van der Waals surface area contributed by atoms with E-state index in [0.717, 1.165) is 36.6 Å². The van der Waals surface area contributed by atoms with Crippen molar-refractivity contribution in [2.24, 2.45) is 0 Å². The second kappa shape index (κ2) is 6.04. The van der Waals surface area contributed by atoms with E-state index in [2.05, 4.69) is 21.7 Å². The molecule has 0 bridgehead atoms. The Hall–Kier alpha value is -2.23. The van der Waals surface area contributed by atoms with Crippen LogP contribution in [0.25, 0.3) is 0 Å². The summed E-state index contributed by atoms with van der Waals surface area (Å²) in [5, 5.41) is 20.4. The highest BCUT2D eigenvalue weighted by Crippen LogP contribution is 2.14. The lowest BCUT2D eigenvalue weighted by molar-refractivity contribution is 0.000692. The van der Waals surface area contributed by atoms with Gasteiger partial charge in [-0.15, -0.1) is 5.10 Å². The second-order valence-electron chi connectivity index (χ2n) is 5.18. The van der Waals surface area contributed by atoms with Crippen LogP contribution in [0, 0.1) is 18.3 Å². The highest BCUT2D eigenvalue weighted by atomic mass is 16.5. The van der Waals surface area contributed by atoms with Gasteiger partial charge in [-0.3, -0.25) is 0 Å². The van der Waals surface area contributed by atoms with Crippen LogP contribution in [0.4, 0.5) is 0 Å². The number of aromatic nitrogens is 3. The summed E-state index contributed by atoms with van der Waals surface area (Å²) < 4.78 is 7.73. The predicted molar refractivity (Wildman–Crippen MR) is 76.2 cm³/mol. The van der Waals surface area contributed by atoms with E-state index in [1.165, 1.54) is 0 Å². The topological polar surface area (TPSA) is 75.8 Å². The van der Waals surface area contributed by atoms with Crippen molar-refractivity contribution in [3.8, 4) is 6.07 Å². The minimum atomic E-state index is 0.0951. The lowest BCUT2D eigenvalue weighted by Gasteiger charge is -2.24. The summed E-state index contributed by atoms with van der Waals surface area (Å²) in [6.07, 6.45) is 0.0951. The number of ether oxygens (including phenoxy) is 1. The standard InChI is InChI=1S/C15H17N5O/c1-11-15-10-21-14(9-20(15)19-18-11)8-17-7-13-4-2-3-12(5-13)6-16/h2-5,14,17H,7-10H2,1H3/t14-/m1/s1. The van der Waals surface area contributed by atoms with Crippen LogP contribution < -0.4 is 5.32 Å². The number of rotatable bonds is 4. The Labute approximate surface area is 123 Å². The summed E-state index contributed by atoms with van der Waals surface area (Å²) in [5.41, 5.74) is 3.79. The Balaban J connectivity index is 1.51. The molecule has 1 N–H and O–H groups in total. The number of hydrogen-bond donors (Lipinski definition) is 1. The second-order valence-corrected chi connectivity index (χ2v) is 5.18. The molecule has 0 amide bonds. The first-order valence-corrected chi connectivity index (χ1v) is 6.96. The Morgan fingerprint density at radius 3 is 3.29 bits per heavy atom. The quantitative estimate of drug-likeness (QED) is 0.911. The summed E-state index contributed by atoms with van der Waals surface area (Å²) in [6.45, 7) is 4.70. The molecule has 6 nitrogen and oxygen atoms in total. The van der Waals surface area contributed by atoms with E-state index in [1.807, 2.05) is 35.9 Å². The minimum Gasteiger partial charge on any atom is -0.369 e. The lowest BCUT2D eigenvalue weighted by Crippen LogP contribution is -2.36. The van der Waals surface area contributed by atoms with Crippen molar-refractivity contribution in [3.63, 3.8) is 0 Å². The van der Waals surface area contributed by atoms with Gasteiger partial charge >= 0.3 is 0 Å². The molecule has 0 spiro atoms. The molecular formula is C15H17N5O. The Morgan fingerprint density at radius 1 is 1.52 bits per heavy atom. The molecule has 0 aliphatic carbocycles. The van der Waals surface area contributed by atoms with Crippen molar-refractivity contribution in [2.45, 2.75) is 32.7 Å². The van der Waals surface area contributed by atoms with E-state index in [0.29, 0.717) is 12.2 Å². The van der Waals surface area contributed by atoms with E-state index in [1.54, 1.807) is 0 Å². The Kier molecular flexibility index (Phi) is 3.95. The summed E-state index contributed by atoms with van der Waals surface area (Å²) >= 11 is 0. The van der Waals surface area contributed by atoms with Gasteiger partial charge in [-0.2, -0.15) is 5.26 Å². The van der Waals surface area contributed by atoms with Crippen molar-refractivity contribution in [1.29, 1.82) is 5.26 Å². The maximum absolute atomic E-state index is 8.88. The molecule has 108 valence electrons. The zero-order chi connectivity index (χ0) is 14.7. The van der Waals surface area contributed by atoms with E-state index in [-0.39, 0.29) is 6.10 Å². The van der Waals surface area contributed by atoms with Crippen molar-refractivity contribution >= 4 is 0 Å². The number of aryl methyl sites for hydroxylation is 1. The molecular weight excluding hydrogens is 266 g/mol. The number of benzene rings is 1. The van der Waals surface area contributed by atoms with Crippen LogP contribution in [0.3, 0.4) is 0 Å². The fourth-order valence-corrected chi connectivity index (χ4v) is 2.44. The average molecular weight is 283 g/mol. The lowest BCUT2D eigenvalue weighted by atomic mass is 10.1. The van der Waals surface area contributed by atoms with Crippen LogP contribution in [0.1, 0.15) is 22.5 Å². The third-order valence-corrected chi connectivity index (χ3v) is 3.62. The highest BCUT2D eigenvalue weighted by molar-refractivity contribution is 5.32. The van der Waals surface area contributed by atoms with Gasteiger partial charge in [0.2, 0.25) is 0 Å². The molecule has 0 saturated carbocycles. The van der Waals surface area contributed by atoms with Gasteiger partial charge < -0.3 is 10.1 Å². The molecule has 0 unspecified atom stereocenters. The summed E-state index contributed by atoms with van der Waals surface area (Å²) in [4.78, 5) is 0. The van der Waals surface area contributed by atoms with E-state index in [4.69, 9.17) is 10.00 Å². The van der Waals surface area contributed by atoms with Gasteiger partial charge in [0, 0.05) is 13.1 Å². The number of fused-ring (bicyclic) bond motifs is 1. The van der Waals surface area contributed by atoms with E-state index in [9.17, 15) is 0 Å². The summed E-state index contributed by atoms with van der Waals surface area (Å²) in [5.74, 6) is 0. The average Bonchev–Trinajstić information content (AvgIpc) is 2.88. The van der Waals surface area contributed by atoms with E-state index >= 15 is 0 Å². The van der Waals surface area contributed by atoms with Gasteiger partial charge in [-0.05, 0) is 24.6 Å². The SMILES string of the molecule is Cc1nnn2c1CO[C@H](CNCc1cccc(C#N)c1)C2. The molecule has 0 saturated heterocycles. The van der Waals surface area contributed by atoms with Crippen LogP contribution in [0.2, 0.25) is 0 Å². The number of nitrogens with zero attached hydrogens (tertiary/aromatic N) is 4. The molecule has 1 aliphatic heterocycles. The van der Waals surface area contributed by atoms with Gasteiger partial charge in [0.25, 0.3) is 0 Å². The maximum Gasteiger partial charge on any atom is 0.0991 e. The number of nitrogens with one attached hydrogen (secondary N) is 1. The van der Waals surface area contributed by atoms with Crippen LogP contribution in [-0.4, -0.2) is 27.6 Å². The first-order chi connectivity index (χ1) is 10.3. The van der Waals surface area contributed by atoms with Crippen molar-refractivity contribution in [3.05, 3.63) is 46.8 Å². The molecule has 1 aromatic heterocycles. The predicted octanol–water partition coefficient (Wildman–Crippen LogP) is 1.15. The zero-order valence-electron chi connectivity index (χ0n) is 11.9. The third kappa shape index (κ3) is 3.10. The molecule has 0 radical (unpaired) electrons. The van der Waals surface area contributed by atoms with Crippen molar-refractivity contribution < 1.29 is 4.74 Å².